The third-order valence-corrected chi connectivity index (χ3v) is 7.36. The number of nitrogens with zero attached hydrogens (tertiary/aromatic N) is 4. The molecule has 0 atom stereocenters. The lowest BCUT2D eigenvalue weighted by Gasteiger charge is -2.06. The standard InChI is InChI=1S/C21H13BrClN5OS2/c22-15-3-1-2-4-16(15)25-17(29)10-31-21-27-26-19-18-14(12-5-7-13(23)8-6-12)9-30-20(18)24-11-28(19)21/h1-9,11H,10H2,(H,25,29). The highest BCUT2D eigenvalue weighted by atomic mass is 79.9. The van der Waals surface area contributed by atoms with Crippen LogP contribution in [0.25, 0.3) is 27.0 Å². The number of carbonyl (C=O) groups excluding carboxylic acids is 1. The summed E-state index contributed by atoms with van der Waals surface area (Å²) >= 11 is 12.3. The Morgan fingerprint density at radius 1 is 1.16 bits per heavy atom. The second-order valence-corrected chi connectivity index (χ2v) is 9.67. The number of anilines is 1. The monoisotopic (exact) mass is 529 g/mol. The zero-order valence-electron chi connectivity index (χ0n) is 15.8. The number of para-hydroxylation sites is 1. The Balaban J connectivity index is 1.42. The number of benzene rings is 2. The number of nitrogens with one attached hydrogen (secondary N) is 1. The van der Waals surface area contributed by atoms with E-state index in [0.29, 0.717) is 15.8 Å². The molecule has 0 saturated heterocycles. The molecule has 5 rings (SSSR count). The molecule has 154 valence electrons. The third kappa shape index (κ3) is 4.06. The molecule has 0 aliphatic heterocycles. The van der Waals surface area contributed by atoms with Crippen LogP contribution in [-0.2, 0) is 4.79 Å². The summed E-state index contributed by atoms with van der Waals surface area (Å²) in [7, 11) is 0. The molecule has 3 heterocycles. The van der Waals surface area contributed by atoms with E-state index >= 15 is 0 Å². The highest BCUT2D eigenvalue weighted by molar-refractivity contribution is 9.10. The second kappa shape index (κ2) is 8.58. The third-order valence-electron chi connectivity index (χ3n) is 4.59. The van der Waals surface area contributed by atoms with Gasteiger partial charge in [-0.25, -0.2) is 4.98 Å². The van der Waals surface area contributed by atoms with Crippen molar-refractivity contribution in [2.75, 3.05) is 11.1 Å². The van der Waals surface area contributed by atoms with Gasteiger partial charge in [0.25, 0.3) is 0 Å². The van der Waals surface area contributed by atoms with Crippen LogP contribution >= 0.6 is 50.6 Å². The van der Waals surface area contributed by atoms with Crippen LogP contribution < -0.4 is 5.32 Å². The Labute approximate surface area is 198 Å². The van der Waals surface area contributed by atoms with Gasteiger partial charge in [-0.3, -0.25) is 9.20 Å². The fourth-order valence-electron chi connectivity index (χ4n) is 3.14. The average molecular weight is 531 g/mol. The molecule has 10 heteroatoms. The number of thioether (sulfide) groups is 1. The van der Waals surface area contributed by atoms with Crippen molar-refractivity contribution in [1.29, 1.82) is 0 Å². The fourth-order valence-corrected chi connectivity index (χ4v) is 5.26. The van der Waals surface area contributed by atoms with Crippen LogP contribution in [0.4, 0.5) is 5.69 Å². The maximum absolute atomic E-state index is 12.4. The minimum Gasteiger partial charge on any atom is -0.324 e. The number of hydrogen-bond donors (Lipinski definition) is 1. The predicted molar refractivity (Wildman–Crippen MR) is 130 cm³/mol. The summed E-state index contributed by atoms with van der Waals surface area (Å²) in [5.74, 6) is 0.0773. The lowest BCUT2D eigenvalue weighted by molar-refractivity contribution is -0.113. The van der Waals surface area contributed by atoms with Gasteiger partial charge in [0, 0.05) is 20.4 Å². The van der Waals surface area contributed by atoms with Crippen LogP contribution in [0.1, 0.15) is 0 Å². The first-order valence-electron chi connectivity index (χ1n) is 9.14. The molecule has 0 aliphatic carbocycles. The van der Waals surface area contributed by atoms with Gasteiger partial charge in [-0.1, -0.05) is 47.6 Å². The van der Waals surface area contributed by atoms with Gasteiger partial charge in [-0.05, 0) is 45.8 Å². The first-order chi connectivity index (χ1) is 15.1. The van der Waals surface area contributed by atoms with E-state index in [9.17, 15) is 4.79 Å². The Hall–Kier alpha value is -2.46. The molecule has 3 aromatic heterocycles. The van der Waals surface area contributed by atoms with E-state index in [1.807, 2.05) is 52.9 Å². The molecule has 6 nitrogen and oxygen atoms in total. The van der Waals surface area contributed by atoms with Gasteiger partial charge in [0.15, 0.2) is 10.8 Å². The SMILES string of the molecule is O=C(CSc1nnc2c3c(-c4ccc(Cl)cc4)csc3ncn12)Nc1ccccc1Br. The minimum absolute atomic E-state index is 0.125. The molecule has 1 amide bonds. The molecule has 5 aromatic rings. The molecule has 0 radical (unpaired) electrons. The van der Waals surface area contributed by atoms with Gasteiger partial charge in [-0.2, -0.15) is 0 Å². The summed E-state index contributed by atoms with van der Waals surface area (Å²) in [6.07, 6.45) is 1.70. The van der Waals surface area contributed by atoms with Crippen molar-refractivity contribution in [3.63, 3.8) is 0 Å². The summed E-state index contributed by atoms with van der Waals surface area (Å²) in [6, 6.07) is 15.2. The first kappa shape index (κ1) is 20.4. The van der Waals surface area contributed by atoms with E-state index in [1.165, 1.54) is 11.8 Å². The number of rotatable bonds is 5. The summed E-state index contributed by atoms with van der Waals surface area (Å²) in [6.45, 7) is 0. The van der Waals surface area contributed by atoms with Gasteiger partial charge < -0.3 is 5.32 Å². The number of aromatic nitrogens is 4. The number of fused-ring (bicyclic) bond motifs is 3. The summed E-state index contributed by atoms with van der Waals surface area (Å²) < 4.78 is 2.66. The van der Waals surface area contributed by atoms with Crippen LogP contribution in [0.15, 0.2) is 69.9 Å². The van der Waals surface area contributed by atoms with E-state index < -0.39 is 0 Å². The van der Waals surface area contributed by atoms with E-state index in [0.717, 1.165) is 31.5 Å². The topological polar surface area (TPSA) is 72.2 Å². The second-order valence-electron chi connectivity index (χ2n) is 6.57. The van der Waals surface area contributed by atoms with Gasteiger partial charge in [0.2, 0.25) is 5.91 Å². The normalized spacial score (nSPS) is 11.3. The van der Waals surface area contributed by atoms with Gasteiger partial charge in [0.05, 0.1) is 16.8 Å². The van der Waals surface area contributed by atoms with Crippen molar-refractivity contribution >= 4 is 78.1 Å². The van der Waals surface area contributed by atoms with Crippen molar-refractivity contribution in [1.82, 2.24) is 19.6 Å². The molecule has 0 bridgehead atoms. The fraction of sp³-hybridized carbons (Fsp3) is 0.0476. The summed E-state index contributed by atoms with van der Waals surface area (Å²) in [5, 5.41) is 15.9. The van der Waals surface area contributed by atoms with Crippen molar-refractivity contribution in [3.8, 4) is 11.1 Å². The first-order valence-corrected chi connectivity index (χ1v) is 12.2. The van der Waals surface area contributed by atoms with Crippen molar-refractivity contribution in [3.05, 3.63) is 69.7 Å². The molecular formula is C21H13BrClN5OS2. The lowest BCUT2D eigenvalue weighted by Crippen LogP contribution is -2.14. The van der Waals surface area contributed by atoms with E-state index in [-0.39, 0.29) is 11.7 Å². The number of halogens is 2. The molecule has 0 spiro atoms. The van der Waals surface area contributed by atoms with Crippen LogP contribution in [-0.4, -0.2) is 31.2 Å². The highest BCUT2D eigenvalue weighted by Gasteiger charge is 2.17. The lowest BCUT2D eigenvalue weighted by atomic mass is 10.1. The maximum atomic E-state index is 12.4. The van der Waals surface area contributed by atoms with Crippen molar-refractivity contribution < 1.29 is 4.79 Å². The Kier molecular flexibility index (Phi) is 5.66. The van der Waals surface area contributed by atoms with Crippen LogP contribution in [0.2, 0.25) is 5.02 Å². The number of thiophene rings is 1. The van der Waals surface area contributed by atoms with Gasteiger partial charge in [-0.15, -0.1) is 21.5 Å². The van der Waals surface area contributed by atoms with E-state index in [2.05, 4.69) is 41.8 Å². The van der Waals surface area contributed by atoms with Crippen LogP contribution in [0.3, 0.4) is 0 Å². The minimum atomic E-state index is -0.125. The molecule has 2 aromatic carbocycles. The average Bonchev–Trinajstić information content (AvgIpc) is 3.38. The molecule has 0 unspecified atom stereocenters. The van der Waals surface area contributed by atoms with Crippen molar-refractivity contribution in [2.24, 2.45) is 0 Å². The predicted octanol–water partition coefficient (Wildman–Crippen LogP) is 6.15. The summed E-state index contributed by atoms with van der Waals surface area (Å²) in [5.41, 5.74) is 3.51. The van der Waals surface area contributed by atoms with Crippen LogP contribution in [0.5, 0.6) is 0 Å². The molecule has 0 aliphatic rings. The largest absolute Gasteiger partial charge is 0.324 e. The zero-order valence-corrected chi connectivity index (χ0v) is 19.7. The molecule has 31 heavy (non-hydrogen) atoms. The highest BCUT2D eigenvalue weighted by Crippen LogP contribution is 2.36. The zero-order chi connectivity index (χ0) is 21.4. The maximum Gasteiger partial charge on any atom is 0.234 e. The number of amides is 1. The van der Waals surface area contributed by atoms with Crippen LogP contribution in [0, 0.1) is 0 Å². The Bertz CT molecular complexity index is 1420. The quantitative estimate of drug-likeness (QED) is 0.276. The number of carbonyl (C=O) groups is 1. The molecule has 0 saturated carbocycles. The molecular weight excluding hydrogens is 518 g/mol. The Morgan fingerprint density at radius 3 is 2.77 bits per heavy atom. The molecule has 1 N–H and O–H groups in total. The smallest absolute Gasteiger partial charge is 0.234 e. The number of hydrogen-bond acceptors (Lipinski definition) is 6. The summed E-state index contributed by atoms with van der Waals surface area (Å²) in [4.78, 5) is 17.8. The van der Waals surface area contributed by atoms with Gasteiger partial charge in [0.1, 0.15) is 11.2 Å². The molecule has 0 fully saturated rings. The van der Waals surface area contributed by atoms with E-state index in [4.69, 9.17) is 11.6 Å². The van der Waals surface area contributed by atoms with Crippen molar-refractivity contribution in [2.45, 2.75) is 5.16 Å². The van der Waals surface area contributed by atoms with Gasteiger partial charge >= 0.3 is 0 Å². The Morgan fingerprint density at radius 2 is 1.97 bits per heavy atom. The van der Waals surface area contributed by atoms with E-state index in [1.54, 1.807) is 17.7 Å².